The summed E-state index contributed by atoms with van der Waals surface area (Å²) in [7, 11) is 0. The van der Waals surface area contributed by atoms with E-state index in [4.69, 9.17) is 0 Å². The molecule has 3 nitrogen and oxygen atoms in total. The number of hydrogen-bond donors (Lipinski definition) is 0. The lowest BCUT2D eigenvalue weighted by molar-refractivity contribution is 0.590. The van der Waals surface area contributed by atoms with Crippen molar-refractivity contribution in [3.05, 3.63) is 48.5 Å². The van der Waals surface area contributed by atoms with E-state index in [1.807, 2.05) is 16.8 Å². The highest BCUT2D eigenvalue weighted by molar-refractivity contribution is 5.66. The first-order valence-electron chi connectivity index (χ1n) is 5.17. The molecule has 0 amide bonds. The number of nitrogens with zero attached hydrogens (tertiary/aromatic N) is 3. The van der Waals surface area contributed by atoms with E-state index in [1.165, 1.54) is 6.08 Å². The number of imidazole rings is 1. The molecule has 2 aromatic heterocycles. The van der Waals surface area contributed by atoms with Gasteiger partial charge in [0.25, 0.3) is 0 Å². The van der Waals surface area contributed by atoms with Crippen molar-refractivity contribution >= 4 is 11.2 Å². The Hall–Kier alpha value is -1.97. The van der Waals surface area contributed by atoms with E-state index >= 15 is 0 Å². The molecule has 4 heteroatoms. The smallest absolute Gasteiger partial charge is 0.155 e. The van der Waals surface area contributed by atoms with Crippen molar-refractivity contribution in [2.45, 2.75) is 12.8 Å². The number of allylic oxidation sites excluding steroid dienone is 4. The minimum atomic E-state index is -0.0625. The molecule has 0 unspecified atom stereocenters. The summed E-state index contributed by atoms with van der Waals surface area (Å²) < 4.78 is 14.8. The Bertz CT molecular complexity index is 595. The van der Waals surface area contributed by atoms with Crippen LogP contribution in [-0.4, -0.2) is 14.4 Å². The minimum Gasteiger partial charge on any atom is -0.304 e. The van der Waals surface area contributed by atoms with Crippen molar-refractivity contribution in [1.82, 2.24) is 14.4 Å². The van der Waals surface area contributed by atoms with Gasteiger partial charge in [0, 0.05) is 25.0 Å². The molecule has 1 aliphatic carbocycles. The summed E-state index contributed by atoms with van der Waals surface area (Å²) in [5, 5.41) is 0. The van der Waals surface area contributed by atoms with Crippen LogP contribution in [0.3, 0.4) is 0 Å². The van der Waals surface area contributed by atoms with Crippen LogP contribution >= 0.6 is 0 Å². The highest BCUT2D eigenvalue weighted by Crippen LogP contribution is 2.25. The third-order valence-electron chi connectivity index (χ3n) is 2.71. The molecule has 80 valence electrons. The first-order valence-corrected chi connectivity index (χ1v) is 5.17. The molecule has 0 aromatic carbocycles. The fourth-order valence-electron chi connectivity index (χ4n) is 1.82. The molecule has 16 heavy (non-hydrogen) atoms. The zero-order valence-corrected chi connectivity index (χ0v) is 8.60. The zero-order valence-electron chi connectivity index (χ0n) is 8.60. The maximum absolute atomic E-state index is 12.9. The summed E-state index contributed by atoms with van der Waals surface area (Å²) in [5.41, 5.74) is 2.77. The van der Waals surface area contributed by atoms with Crippen LogP contribution in [0.25, 0.3) is 11.2 Å². The molecule has 3 rings (SSSR count). The summed E-state index contributed by atoms with van der Waals surface area (Å²) in [6.45, 7) is 0. The van der Waals surface area contributed by atoms with Gasteiger partial charge >= 0.3 is 0 Å². The maximum atomic E-state index is 12.9. The van der Waals surface area contributed by atoms with Gasteiger partial charge in [-0.2, -0.15) is 0 Å². The molecule has 0 N–H and O–H groups in total. The van der Waals surface area contributed by atoms with E-state index in [2.05, 4.69) is 9.97 Å². The van der Waals surface area contributed by atoms with Gasteiger partial charge in [-0.1, -0.05) is 6.08 Å². The van der Waals surface area contributed by atoms with Gasteiger partial charge in [-0.15, -0.1) is 0 Å². The Morgan fingerprint density at radius 3 is 2.94 bits per heavy atom. The summed E-state index contributed by atoms with van der Waals surface area (Å²) in [5.74, 6) is -0.0625. The van der Waals surface area contributed by atoms with Crippen LogP contribution in [0.15, 0.2) is 42.8 Å². The third kappa shape index (κ3) is 1.52. The summed E-state index contributed by atoms with van der Waals surface area (Å²) in [6, 6.07) is 0. The Balaban J connectivity index is 2.05. The number of aromatic nitrogens is 3. The molecule has 0 aliphatic heterocycles. The molecule has 1 aliphatic rings. The fraction of sp³-hybridized carbons (Fsp3) is 0.167. The van der Waals surface area contributed by atoms with E-state index in [0.29, 0.717) is 12.8 Å². The predicted molar refractivity (Wildman–Crippen MR) is 59.4 cm³/mol. The second-order valence-corrected chi connectivity index (χ2v) is 3.77. The average Bonchev–Trinajstić information content (AvgIpc) is 2.77. The van der Waals surface area contributed by atoms with Crippen LogP contribution in [0.4, 0.5) is 4.39 Å². The third-order valence-corrected chi connectivity index (χ3v) is 2.71. The van der Waals surface area contributed by atoms with Crippen molar-refractivity contribution < 1.29 is 4.39 Å². The van der Waals surface area contributed by atoms with E-state index in [1.54, 1.807) is 18.5 Å². The lowest BCUT2D eigenvalue weighted by Crippen LogP contribution is -1.96. The van der Waals surface area contributed by atoms with Crippen molar-refractivity contribution in [3.63, 3.8) is 0 Å². The van der Waals surface area contributed by atoms with Gasteiger partial charge in [0.15, 0.2) is 5.65 Å². The Labute approximate surface area is 92.0 Å². The predicted octanol–water partition coefficient (Wildman–Crippen LogP) is 2.76. The van der Waals surface area contributed by atoms with Crippen molar-refractivity contribution in [2.75, 3.05) is 0 Å². The quantitative estimate of drug-likeness (QED) is 0.732. The van der Waals surface area contributed by atoms with Gasteiger partial charge in [0.05, 0.1) is 11.9 Å². The topological polar surface area (TPSA) is 30.2 Å². The minimum absolute atomic E-state index is 0.0625. The van der Waals surface area contributed by atoms with Crippen LogP contribution in [0.1, 0.15) is 18.5 Å². The van der Waals surface area contributed by atoms with Crippen molar-refractivity contribution in [3.8, 4) is 0 Å². The number of halogens is 1. The maximum Gasteiger partial charge on any atom is 0.155 e. The average molecular weight is 215 g/mol. The molecule has 0 spiro atoms. The van der Waals surface area contributed by atoms with E-state index in [0.717, 1.165) is 16.9 Å². The first-order chi connectivity index (χ1) is 7.83. The highest BCUT2D eigenvalue weighted by atomic mass is 19.1. The molecule has 0 saturated heterocycles. The number of hydrogen-bond acceptors (Lipinski definition) is 2. The standard InChI is InChI=1S/C12H10FN3/c13-10-3-1-9(2-4-10)11-8-16-6-5-14-12(16)7-15-11/h1,3,5-8H,2,4H2. The van der Waals surface area contributed by atoms with Gasteiger partial charge in [-0.05, 0) is 18.1 Å². The Morgan fingerprint density at radius 1 is 1.19 bits per heavy atom. The second-order valence-electron chi connectivity index (χ2n) is 3.77. The van der Waals surface area contributed by atoms with Gasteiger partial charge < -0.3 is 4.40 Å². The number of fused-ring (bicyclic) bond motifs is 1. The van der Waals surface area contributed by atoms with Gasteiger partial charge in [-0.3, -0.25) is 4.98 Å². The van der Waals surface area contributed by atoms with Crippen LogP contribution in [-0.2, 0) is 0 Å². The molecule has 0 radical (unpaired) electrons. The monoisotopic (exact) mass is 215 g/mol. The van der Waals surface area contributed by atoms with E-state index in [9.17, 15) is 4.39 Å². The Kier molecular flexibility index (Phi) is 2.06. The lowest BCUT2D eigenvalue weighted by Gasteiger charge is -2.09. The fourth-order valence-corrected chi connectivity index (χ4v) is 1.82. The molecule has 2 heterocycles. The van der Waals surface area contributed by atoms with Crippen LogP contribution in [0, 0.1) is 0 Å². The van der Waals surface area contributed by atoms with E-state index < -0.39 is 0 Å². The molecule has 2 aromatic rings. The van der Waals surface area contributed by atoms with Crippen LogP contribution < -0.4 is 0 Å². The second kappa shape index (κ2) is 3.56. The Morgan fingerprint density at radius 2 is 2.12 bits per heavy atom. The van der Waals surface area contributed by atoms with Gasteiger partial charge in [0.2, 0.25) is 0 Å². The first kappa shape index (κ1) is 9.27. The summed E-state index contributed by atoms with van der Waals surface area (Å²) in [6.07, 6.45) is 11.7. The summed E-state index contributed by atoms with van der Waals surface area (Å²) >= 11 is 0. The zero-order chi connectivity index (χ0) is 11.0. The van der Waals surface area contributed by atoms with Crippen molar-refractivity contribution in [1.29, 1.82) is 0 Å². The largest absolute Gasteiger partial charge is 0.304 e. The van der Waals surface area contributed by atoms with Crippen LogP contribution in [0.2, 0.25) is 0 Å². The highest BCUT2D eigenvalue weighted by Gasteiger charge is 2.09. The molecule has 0 saturated carbocycles. The molecule has 0 bridgehead atoms. The summed E-state index contributed by atoms with van der Waals surface area (Å²) in [4.78, 5) is 8.45. The molecular formula is C12H10FN3. The van der Waals surface area contributed by atoms with Gasteiger partial charge in [-0.25, -0.2) is 9.37 Å². The van der Waals surface area contributed by atoms with Crippen LogP contribution in [0.5, 0.6) is 0 Å². The van der Waals surface area contributed by atoms with E-state index in [-0.39, 0.29) is 5.83 Å². The normalized spacial score (nSPS) is 16.1. The molecule has 0 fully saturated rings. The number of rotatable bonds is 1. The molecular weight excluding hydrogens is 205 g/mol. The lowest BCUT2D eigenvalue weighted by atomic mass is 10.0. The SMILES string of the molecule is FC1=CC=C(c2cn3ccnc3cn2)CC1. The van der Waals surface area contributed by atoms with Gasteiger partial charge in [0.1, 0.15) is 5.83 Å². The molecule has 0 atom stereocenters. The van der Waals surface area contributed by atoms with Crippen molar-refractivity contribution in [2.24, 2.45) is 0 Å².